The van der Waals surface area contributed by atoms with Gasteiger partial charge in [-0.3, -0.25) is 4.79 Å². The summed E-state index contributed by atoms with van der Waals surface area (Å²) in [6.07, 6.45) is 6.61. The molecule has 0 bridgehead atoms. The zero-order chi connectivity index (χ0) is 8.81. The van der Waals surface area contributed by atoms with Gasteiger partial charge < -0.3 is 9.69 Å². The minimum atomic E-state index is 0.321. The summed E-state index contributed by atoms with van der Waals surface area (Å²) in [6, 6.07) is 0.321. The summed E-state index contributed by atoms with van der Waals surface area (Å²) in [7, 11) is 0. The van der Waals surface area contributed by atoms with E-state index in [1.807, 2.05) is 4.90 Å². The first-order valence-corrected chi connectivity index (χ1v) is 4.53. The summed E-state index contributed by atoms with van der Waals surface area (Å²) < 4.78 is 0. The average Bonchev–Trinajstić information content (AvgIpc) is 2.15. The van der Waals surface area contributed by atoms with Gasteiger partial charge in [-0.25, -0.2) is 0 Å². The molecule has 3 heteroatoms. The van der Waals surface area contributed by atoms with E-state index in [1.165, 1.54) is 6.42 Å². The predicted octanol–water partition coefficient (Wildman–Crippen LogP) is 0.976. The molecule has 68 valence electrons. The molecule has 0 spiro atoms. The Morgan fingerprint density at radius 2 is 2.17 bits per heavy atom. The van der Waals surface area contributed by atoms with Gasteiger partial charge in [0.2, 0.25) is 6.41 Å². The third kappa shape index (κ3) is 2.32. The van der Waals surface area contributed by atoms with Crippen LogP contribution in [0.15, 0.2) is 0 Å². The van der Waals surface area contributed by atoms with Crippen molar-refractivity contribution in [3.63, 3.8) is 0 Å². The fourth-order valence-corrected chi connectivity index (χ4v) is 1.73. The number of aldehydes is 1. The molecule has 0 radical (unpaired) electrons. The molecular weight excluding hydrogens is 154 g/mol. The number of carbonyl (C=O) groups is 2. The van der Waals surface area contributed by atoms with Gasteiger partial charge in [0.15, 0.2) is 0 Å². The molecule has 0 aliphatic carbocycles. The topological polar surface area (TPSA) is 37.4 Å². The lowest BCUT2D eigenvalue weighted by molar-refractivity contribution is -0.122. The van der Waals surface area contributed by atoms with Crippen molar-refractivity contribution in [2.24, 2.45) is 0 Å². The van der Waals surface area contributed by atoms with Crippen molar-refractivity contribution in [3.05, 3.63) is 0 Å². The van der Waals surface area contributed by atoms with Crippen molar-refractivity contribution in [1.29, 1.82) is 0 Å². The molecule has 1 amide bonds. The quantitative estimate of drug-likeness (QED) is 0.588. The summed E-state index contributed by atoms with van der Waals surface area (Å²) in [5, 5.41) is 0. The number of piperidine rings is 1. The van der Waals surface area contributed by atoms with Crippen LogP contribution < -0.4 is 0 Å². The Hall–Kier alpha value is -0.860. The van der Waals surface area contributed by atoms with Crippen LogP contribution in [0.25, 0.3) is 0 Å². The highest BCUT2D eigenvalue weighted by atomic mass is 16.1. The number of rotatable bonds is 4. The Balaban J connectivity index is 2.35. The van der Waals surface area contributed by atoms with Gasteiger partial charge in [0.1, 0.15) is 6.29 Å². The highest BCUT2D eigenvalue weighted by Gasteiger charge is 2.19. The van der Waals surface area contributed by atoms with Gasteiger partial charge in [-0.05, 0) is 25.7 Å². The van der Waals surface area contributed by atoms with Crippen LogP contribution in [0.1, 0.15) is 32.1 Å². The van der Waals surface area contributed by atoms with Crippen molar-refractivity contribution in [2.45, 2.75) is 38.1 Å². The lowest BCUT2D eigenvalue weighted by Crippen LogP contribution is -2.38. The van der Waals surface area contributed by atoms with Crippen LogP contribution in [0.5, 0.6) is 0 Å². The van der Waals surface area contributed by atoms with Crippen molar-refractivity contribution in [3.8, 4) is 0 Å². The molecule has 1 rings (SSSR count). The molecule has 0 aromatic heterocycles. The van der Waals surface area contributed by atoms with Crippen LogP contribution >= 0.6 is 0 Å². The maximum atomic E-state index is 10.6. The molecular formula is C9H15NO2. The van der Waals surface area contributed by atoms with E-state index in [4.69, 9.17) is 0 Å². The van der Waals surface area contributed by atoms with E-state index in [1.54, 1.807) is 0 Å². The SMILES string of the molecule is O=CCCC1CCCCN1C=O. The van der Waals surface area contributed by atoms with Gasteiger partial charge >= 0.3 is 0 Å². The minimum absolute atomic E-state index is 0.321. The van der Waals surface area contributed by atoms with Gasteiger partial charge in [0.25, 0.3) is 0 Å². The van der Waals surface area contributed by atoms with Crippen molar-refractivity contribution < 1.29 is 9.59 Å². The lowest BCUT2D eigenvalue weighted by atomic mass is 9.99. The lowest BCUT2D eigenvalue weighted by Gasteiger charge is -2.32. The Morgan fingerprint density at radius 1 is 1.33 bits per heavy atom. The predicted molar refractivity (Wildman–Crippen MR) is 45.7 cm³/mol. The smallest absolute Gasteiger partial charge is 0.209 e. The second-order valence-electron chi connectivity index (χ2n) is 3.24. The molecule has 1 saturated heterocycles. The monoisotopic (exact) mass is 169 g/mol. The summed E-state index contributed by atoms with van der Waals surface area (Å²) in [4.78, 5) is 22.5. The van der Waals surface area contributed by atoms with Gasteiger partial charge in [-0.15, -0.1) is 0 Å². The second kappa shape index (κ2) is 4.91. The number of hydrogen-bond acceptors (Lipinski definition) is 2. The number of carbonyl (C=O) groups excluding carboxylic acids is 2. The zero-order valence-electron chi connectivity index (χ0n) is 7.24. The Morgan fingerprint density at radius 3 is 2.83 bits per heavy atom. The van der Waals surface area contributed by atoms with E-state index in [0.29, 0.717) is 12.5 Å². The number of amides is 1. The zero-order valence-corrected chi connectivity index (χ0v) is 7.24. The molecule has 0 saturated carbocycles. The molecule has 0 aromatic rings. The second-order valence-corrected chi connectivity index (χ2v) is 3.24. The molecule has 3 nitrogen and oxygen atoms in total. The highest BCUT2D eigenvalue weighted by Crippen LogP contribution is 2.18. The first-order valence-electron chi connectivity index (χ1n) is 4.53. The fraction of sp³-hybridized carbons (Fsp3) is 0.778. The molecule has 1 unspecified atom stereocenters. The van der Waals surface area contributed by atoms with Crippen LogP contribution in [0.2, 0.25) is 0 Å². The molecule has 1 aliphatic rings. The molecule has 1 aliphatic heterocycles. The molecule has 1 fully saturated rings. The van der Waals surface area contributed by atoms with Crippen molar-refractivity contribution in [2.75, 3.05) is 6.54 Å². The van der Waals surface area contributed by atoms with E-state index in [-0.39, 0.29) is 0 Å². The molecule has 0 aromatic carbocycles. The van der Waals surface area contributed by atoms with Crippen LogP contribution in [0, 0.1) is 0 Å². The van der Waals surface area contributed by atoms with E-state index in [9.17, 15) is 9.59 Å². The molecule has 1 atom stereocenters. The normalized spacial score (nSPS) is 23.7. The van der Waals surface area contributed by atoms with Crippen molar-refractivity contribution in [1.82, 2.24) is 4.90 Å². The third-order valence-electron chi connectivity index (χ3n) is 2.43. The van der Waals surface area contributed by atoms with E-state index < -0.39 is 0 Å². The maximum Gasteiger partial charge on any atom is 0.209 e. The van der Waals surface area contributed by atoms with Gasteiger partial charge in [-0.2, -0.15) is 0 Å². The summed E-state index contributed by atoms with van der Waals surface area (Å²) in [6.45, 7) is 0.868. The number of likely N-dealkylation sites (tertiary alicyclic amines) is 1. The van der Waals surface area contributed by atoms with Crippen LogP contribution in [-0.4, -0.2) is 30.2 Å². The Labute approximate surface area is 72.7 Å². The van der Waals surface area contributed by atoms with E-state index >= 15 is 0 Å². The molecule has 1 heterocycles. The number of hydrogen-bond donors (Lipinski definition) is 0. The van der Waals surface area contributed by atoms with Crippen LogP contribution in [-0.2, 0) is 9.59 Å². The van der Waals surface area contributed by atoms with E-state index in [0.717, 1.165) is 38.5 Å². The summed E-state index contributed by atoms with van der Waals surface area (Å²) in [5.74, 6) is 0. The third-order valence-corrected chi connectivity index (χ3v) is 2.43. The molecule has 12 heavy (non-hydrogen) atoms. The van der Waals surface area contributed by atoms with E-state index in [2.05, 4.69) is 0 Å². The highest BCUT2D eigenvalue weighted by molar-refractivity contribution is 5.50. The molecule has 0 N–H and O–H groups in total. The van der Waals surface area contributed by atoms with Gasteiger partial charge in [0, 0.05) is 19.0 Å². The average molecular weight is 169 g/mol. The maximum absolute atomic E-state index is 10.6. The summed E-state index contributed by atoms with van der Waals surface area (Å²) >= 11 is 0. The minimum Gasteiger partial charge on any atom is -0.342 e. The fourth-order valence-electron chi connectivity index (χ4n) is 1.73. The summed E-state index contributed by atoms with van der Waals surface area (Å²) in [5.41, 5.74) is 0. The van der Waals surface area contributed by atoms with Gasteiger partial charge in [0.05, 0.1) is 0 Å². The van der Waals surface area contributed by atoms with Gasteiger partial charge in [-0.1, -0.05) is 0 Å². The van der Waals surface area contributed by atoms with Crippen LogP contribution in [0.4, 0.5) is 0 Å². The van der Waals surface area contributed by atoms with Crippen molar-refractivity contribution >= 4 is 12.7 Å². The largest absolute Gasteiger partial charge is 0.342 e. The van der Waals surface area contributed by atoms with Crippen LogP contribution in [0.3, 0.4) is 0 Å². The first kappa shape index (κ1) is 9.23. The number of nitrogens with zero attached hydrogens (tertiary/aromatic N) is 1. The Bertz CT molecular complexity index is 159. The standard InChI is InChI=1S/C9H15NO2/c11-7-3-5-9-4-1-2-6-10(9)8-12/h7-9H,1-6H2. The first-order chi connectivity index (χ1) is 5.88. The Kier molecular flexibility index (Phi) is 3.77.